The van der Waals surface area contributed by atoms with Crippen molar-refractivity contribution in [2.45, 2.75) is 45.6 Å². The molecule has 0 heterocycles. The Balaban J connectivity index is 2.67. The van der Waals surface area contributed by atoms with Gasteiger partial charge in [-0.2, -0.15) is 0 Å². The van der Waals surface area contributed by atoms with Crippen LogP contribution in [-0.2, 0) is 9.53 Å². The number of hydrogen-bond donors (Lipinski definition) is 0. The van der Waals surface area contributed by atoms with Crippen molar-refractivity contribution < 1.29 is 9.53 Å². The first kappa shape index (κ1) is 9.72. The van der Waals surface area contributed by atoms with Crippen LogP contribution in [0.4, 0.5) is 0 Å². The van der Waals surface area contributed by atoms with Gasteiger partial charge in [-0.15, -0.1) is 0 Å². The van der Waals surface area contributed by atoms with Crippen LogP contribution in [-0.4, -0.2) is 18.0 Å². The Kier molecular flexibility index (Phi) is 2.89. The molecule has 0 radical (unpaired) electrons. The predicted molar refractivity (Wildman–Crippen MR) is 48.1 cm³/mol. The Morgan fingerprint density at radius 2 is 2.33 bits per heavy atom. The monoisotopic (exact) mass is 170 g/mol. The molecule has 0 amide bonds. The molecule has 1 aliphatic carbocycles. The lowest BCUT2D eigenvalue weighted by Crippen LogP contribution is -2.37. The molecular weight excluding hydrogens is 152 g/mol. The minimum absolute atomic E-state index is 0.203. The molecule has 12 heavy (non-hydrogen) atoms. The van der Waals surface area contributed by atoms with Gasteiger partial charge in [0.15, 0.2) is 5.78 Å². The molecule has 0 aromatic heterocycles. The molecule has 0 aromatic rings. The first-order valence-electron chi connectivity index (χ1n) is 4.75. The largest absolute Gasteiger partial charge is 0.368 e. The molecule has 0 bridgehead atoms. The third-order valence-corrected chi connectivity index (χ3v) is 2.78. The lowest BCUT2D eigenvalue weighted by Gasteiger charge is -2.25. The van der Waals surface area contributed by atoms with Crippen LogP contribution in [0.15, 0.2) is 0 Å². The molecule has 2 unspecified atom stereocenters. The van der Waals surface area contributed by atoms with Gasteiger partial charge in [0.05, 0.1) is 0 Å². The zero-order valence-electron chi connectivity index (χ0n) is 8.22. The van der Waals surface area contributed by atoms with E-state index >= 15 is 0 Å². The van der Waals surface area contributed by atoms with E-state index in [1.807, 2.05) is 6.92 Å². The molecule has 2 heteroatoms. The van der Waals surface area contributed by atoms with Crippen LogP contribution in [0, 0.1) is 5.92 Å². The number of Topliss-reactive ketones (excluding diaryl/α,β-unsaturated/α-hetero) is 1. The minimum Gasteiger partial charge on any atom is -0.368 e. The van der Waals surface area contributed by atoms with Crippen molar-refractivity contribution in [3.05, 3.63) is 0 Å². The van der Waals surface area contributed by atoms with E-state index in [-0.39, 0.29) is 5.78 Å². The van der Waals surface area contributed by atoms with E-state index in [1.54, 1.807) is 6.92 Å². The highest BCUT2D eigenvalue weighted by Gasteiger charge is 2.42. The molecule has 1 saturated carbocycles. The maximum absolute atomic E-state index is 11.4. The minimum atomic E-state index is -0.422. The van der Waals surface area contributed by atoms with Crippen molar-refractivity contribution in [1.29, 1.82) is 0 Å². The molecule has 0 spiro atoms. The van der Waals surface area contributed by atoms with Crippen molar-refractivity contribution in [2.75, 3.05) is 6.61 Å². The topological polar surface area (TPSA) is 26.3 Å². The van der Waals surface area contributed by atoms with Gasteiger partial charge in [0.1, 0.15) is 5.60 Å². The summed E-state index contributed by atoms with van der Waals surface area (Å²) >= 11 is 0. The van der Waals surface area contributed by atoms with E-state index in [2.05, 4.69) is 6.92 Å². The summed E-state index contributed by atoms with van der Waals surface area (Å²) in [7, 11) is 0. The summed E-state index contributed by atoms with van der Waals surface area (Å²) in [5.74, 6) is 0.842. The molecule has 2 nitrogen and oxygen atoms in total. The van der Waals surface area contributed by atoms with Crippen LogP contribution < -0.4 is 0 Å². The highest BCUT2D eigenvalue weighted by molar-refractivity contribution is 5.85. The van der Waals surface area contributed by atoms with Gasteiger partial charge in [-0.05, 0) is 39.0 Å². The Labute approximate surface area is 74.3 Å². The average Bonchev–Trinajstić information content (AvgIpc) is 2.34. The predicted octanol–water partition coefficient (Wildman–Crippen LogP) is 2.17. The number of carbonyl (C=O) groups is 1. The van der Waals surface area contributed by atoms with Gasteiger partial charge >= 0.3 is 0 Å². The van der Waals surface area contributed by atoms with Gasteiger partial charge in [0.25, 0.3) is 0 Å². The van der Waals surface area contributed by atoms with Gasteiger partial charge in [-0.3, -0.25) is 4.79 Å². The zero-order chi connectivity index (χ0) is 9.19. The first-order chi connectivity index (χ1) is 5.60. The standard InChI is InChI=1S/C10H18O2/c1-4-12-10(9(3)11)6-5-8(2)7-10/h8H,4-7H2,1-3H3. The van der Waals surface area contributed by atoms with Crippen molar-refractivity contribution in [3.8, 4) is 0 Å². The second-order valence-electron chi connectivity index (χ2n) is 3.83. The van der Waals surface area contributed by atoms with E-state index in [4.69, 9.17) is 4.74 Å². The number of rotatable bonds is 3. The smallest absolute Gasteiger partial charge is 0.161 e. The van der Waals surface area contributed by atoms with Crippen molar-refractivity contribution in [1.82, 2.24) is 0 Å². The Morgan fingerprint density at radius 3 is 2.67 bits per heavy atom. The molecule has 1 aliphatic rings. The Hall–Kier alpha value is -0.370. The second kappa shape index (κ2) is 3.56. The van der Waals surface area contributed by atoms with Crippen LogP contribution >= 0.6 is 0 Å². The van der Waals surface area contributed by atoms with Crippen LogP contribution in [0.25, 0.3) is 0 Å². The molecule has 0 N–H and O–H groups in total. The summed E-state index contributed by atoms with van der Waals surface area (Å²) in [5.41, 5.74) is -0.422. The number of hydrogen-bond acceptors (Lipinski definition) is 2. The number of carbonyl (C=O) groups excluding carboxylic acids is 1. The summed E-state index contributed by atoms with van der Waals surface area (Å²) < 4.78 is 5.57. The summed E-state index contributed by atoms with van der Waals surface area (Å²) in [6, 6.07) is 0. The molecule has 70 valence electrons. The van der Waals surface area contributed by atoms with Crippen LogP contribution in [0.1, 0.15) is 40.0 Å². The SMILES string of the molecule is CCOC1(C(C)=O)CCC(C)C1. The fourth-order valence-corrected chi connectivity index (χ4v) is 2.08. The third kappa shape index (κ3) is 1.69. The van der Waals surface area contributed by atoms with Crippen molar-refractivity contribution >= 4 is 5.78 Å². The van der Waals surface area contributed by atoms with Gasteiger partial charge in [0, 0.05) is 6.61 Å². The first-order valence-corrected chi connectivity index (χ1v) is 4.75. The second-order valence-corrected chi connectivity index (χ2v) is 3.83. The van der Waals surface area contributed by atoms with Crippen molar-refractivity contribution in [3.63, 3.8) is 0 Å². The van der Waals surface area contributed by atoms with E-state index in [0.717, 1.165) is 19.3 Å². The van der Waals surface area contributed by atoms with Crippen LogP contribution in [0.5, 0.6) is 0 Å². The molecule has 1 fully saturated rings. The van der Waals surface area contributed by atoms with Crippen LogP contribution in [0.3, 0.4) is 0 Å². The third-order valence-electron chi connectivity index (χ3n) is 2.78. The van der Waals surface area contributed by atoms with E-state index in [9.17, 15) is 4.79 Å². The average molecular weight is 170 g/mol. The summed E-state index contributed by atoms with van der Waals surface area (Å²) in [6.45, 7) is 6.43. The van der Waals surface area contributed by atoms with Gasteiger partial charge in [0.2, 0.25) is 0 Å². The molecule has 0 aromatic carbocycles. The zero-order valence-corrected chi connectivity index (χ0v) is 8.22. The highest BCUT2D eigenvalue weighted by atomic mass is 16.5. The Bertz CT molecular complexity index is 173. The molecule has 2 atom stereocenters. The van der Waals surface area contributed by atoms with Gasteiger partial charge in [-0.1, -0.05) is 6.92 Å². The summed E-state index contributed by atoms with van der Waals surface area (Å²) in [5, 5.41) is 0. The maximum atomic E-state index is 11.4. The normalized spacial score (nSPS) is 35.4. The number of ketones is 1. The van der Waals surface area contributed by atoms with E-state index in [1.165, 1.54) is 0 Å². The lowest BCUT2D eigenvalue weighted by molar-refractivity contribution is -0.141. The highest BCUT2D eigenvalue weighted by Crippen LogP contribution is 2.37. The molecule has 0 saturated heterocycles. The molecular formula is C10H18O2. The fourth-order valence-electron chi connectivity index (χ4n) is 2.08. The van der Waals surface area contributed by atoms with Crippen molar-refractivity contribution in [2.24, 2.45) is 5.92 Å². The summed E-state index contributed by atoms with van der Waals surface area (Å²) in [6.07, 6.45) is 2.95. The summed E-state index contributed by atoms with van der Waals surface area (Å²) in [4.78, 5) is 11.4. The quantitative estimate of drug-likeness (QED) is 0.649. The lowest BCUT2D eigenvalue weighted by atomic mass is 9.96. The Morgan fingerprint density at radius 1 is 1.67 bits per heavy atom. The molecule has 1 rings (SSSR count). The number of ether oxygens (including phenoxy) is 1. The van der Waals surface area contributed by atoms with Crippen LogP contribution in [0.2, 0.25) is 0 Å². The molecule has 0 aliphatic heterocycles. The fraction of sp³-hybridized carbons (Fsp3) is 0.900. The van der Waals surface area contributed by atoms with Gasteiger partial charge < -0.3 is 4.74 Å². The van der Waals surface area contributed by atoms with E-state index in [0.29, 0.717) is 12.5 Å². The van der Waals surface area contributed by atoms with E-state index < -0.39 is 5.60 Å². The maximum Gasteiger partial charge on any atom is 0.161 e. The van der Waals surface area contributed by atoms with Gasteiger partial charge in [-0.25, -0.2) is 0 Å².